The standard InChI is InChI=1S/C22H40N6/c1-5-26-15-17-28(18-16-26)20(3)19-25-22(23-4)24-13-10-14-27(6-2)21-11-8-7-9-12-21/h7-9,11-12,20H,5-6,10,13-19H2,1-4H3,(H2,23,24,25). The van der Waals surface area contributed by atoms with E-state index in [4.69, 9.17) is 0 Å². The van der Waals surface area contributed by atoms with Crippen molar-refractivity contribution in [2.75, 3.05) is 70.9 Å². The number of aliphatic imine (C=N–C) groups is 1. The molecule has 6 heteroatoms. The van der Waals surface area contributed by atoms with Crippen molar-refractivity contribution in [3.63, 3.8) is 0 Å². The topological polar surface area (TPSA) is 46.1 Å². The average Bonchev–Trinajstić information content (AvgIpc) is 2.76. The summed E-state index contributed by atoms with van der Waals surface area (Å²) in [6.07, 6.45) is 1.08. The highest BCUT2D eigenvalue weighted by molar-refractivity contribution is 5.79. The van der Waals surface area contributed by atoms with Crippen molar-refractivity contribution in [2.45, 2.75) is 33.2 Å². The Balaban J connectivity index is 1.64. The SMILES string of the molecule is CCN1CCN(C(C)CNC(=NC)NCCCN(CC)c2ccccc2)CC1. The number of anilines is 1. The van der Waals surface area contributed by atoms with Crippen LogP contribution in [0.25, 0.3) is 0 Å². The van der Waals surface area contributed by atoms with Crippen LogP contribution in [0.3, 0.4) is 0 Å². The first-order valence-electron chi connectivity index (χ1n) is 10.9. The molecule has 0 aromatic heterocycles. The maximum absolute atomic E-state index is 4.38. The van der Waals surface area contributed by atoms with Gasteiger partial charge in [-0.3, -0.25) is 9.89 Å². The fraction of sp³-hybridized carbons (Fsp3) is 0.682. The summed E-state index contributed by atoms with van der Waals surface area (Å²) in [7, 11) is 1.85. The van der Waals surface area contributed by atoms with Gasteiger partial charge in [-0.1, -0.05) is 25.1 Å². The highest BCUT2D eigenvalue weighted by Crippen LogP contribution is 2.12. The quantitative estimate of drug-likeness (QED) is 0.365. The van der Waals surface area contributed by atoms with Crippen molar-refractivity contribution in [2.24, 2.45) is 4.99 Å². The van der Waals surface area contributed by atoms with Gasteiger partial charge in [0.05, 0.1) is 0 Å². The average molecular weight is 389 g/mol. The predicted octanol–water partition coefficient (Wildman–Crippen LogP) is 2.09. The molecular weight excluding hydrogens is 348 g/mol. The summed E-state index contributed by atoms with van der Waals surface area (Å²) >= 11 is 0. The van der Waals surface area contributed by atoms with Crippen LogP contribution in [0, 0.1) is 0 Å². The molecule has 6 nitrogen and oxygen atoms in total. The Labute approximate surface area is 172 Å². The Morgan fingerprint density at radius 1 is 1.11 bits per heavy atom. The molecule has 1 heterocycles. The second-order valence-electron chi connectivity index (χ2n) is 7.47. The molecule has 0 radical (unpaired) electrons. The van der Waals surface area contributed by atoms with Gasteiger partial charge in [0.15, 0.2) is 5.96 Å². The van der Waals surface area contributed by atoms with E-state index in [1.165, 1.54) is 18.8 Å². The van der Waals surface area contributed by atoms with Gasteiger partial charge >= 0.3 is 0 Å². The van der Waals surface area contributed by atoms with Crippen LogP contribution in [0.2, 0.25) is 0 Å². The minimum atomic E-state index is 0.520. The van der Waals surface area contributed by atoms with Crippen molar-refractivity contribution < 1.29 is 0 Å². The number of hydrogen-bond donors (Lipinski definition) is 2. The number of benzene rings is 1. The second kappa shape index (κ2) is 12.6. The Kier molecular flexibility index (Phi) is 10.1. The number of nitrogens with zero attached hydrogens (tertiary/aromatic N) is 4. The van der Waals surface area contributed by atoms with Crippen molar-refractivity contribution in [1.29, 1.82) is 0 Å². The second-order valence-corrected chi connectivity index (χ2v) is 7.47. The van der Waals surface area contributed by atoms with Gasteiger partial charge in [-0.15, -0.1) is 0 Å². The van der Waals surface area contributed by atoms with Crippen LogP contribution >= 0.6 is 0 Å². The van der Waals surface area contributed by atoms with Gasteiger partial charge in [-0.25, -0.2) is 0 Å². The van der Waals surface area contributed by atoms with E-state index in [0.717, 1.165) is 58.2 Å². The smallest absolute Gasteiger partial charge is 0.191 e. The molecule has 0 bridgehead atoms. The number of hydrogen-bond acceptors (Lipinski definition) is 4. The molecule has 2 rings (SSSR count). The third kappa shape index (κ3) is 7.32. The fourth-order valence-electron chi connectivity index (χ4n) is 3.70. The first-order valence-corrected chi connectivity index (χ1v) is 10.9. The molecule has 1 aliphatic rings. The molecule has 28 heavy (non-hydrogen) atoms. The van der Waals surface area contributed by atoms with Gasteiger partial charge < -0.3 is 20.4 Å². The van der Waals surface area contributed by atoms with Gasteiger partial charge in [-0.05, 0) is 38.9 Å². The van der Waals surface area contributed by atoms with Gasteiger partial charge in [0, 0.05) is 71.1 Å². The molecule has 1 unspecified atom stereocenters. The summed E-state index contributed by atoms with van der Waals surface area (Å²) in [4.78, 5) is 11.9. The van der Waals surface area contributed by atoms with Gasteiger partial charge in [0.2, 0.25) is 0 Å². The highest BCUT2D eigenvalue weighted by Gasteiger charge is 2.20. The van der Waals surface area contributed by atoms with Crippen LogP contribution < -0.4 is 15.5 Å². The molecule has 0 saturated carbocycles. The Morgan fingerprint density at radius 2 is 1.82 bits per heavy atom. The molecule has 1 saturated heterocycles. The van der Waals surface area contributed by atoms with E-state index < -0.39 is 0 Å². The molecule has 0 amide bonds. The summed E-state index contributed by atoms with van der Waals surface area (Å²) in [5.41, 5.74) is 1.30. The largest absolute Gasteiger partial charge is 0.372 e. The van der Waals surface area contributed by atoms with Crippen molar-refractivity contribution in [3.05, 3.63) is 30.3 Å². The first-order chi connectivity index (χ1) is 13.7. The minimum Gasteiger partial charge on any atom is -0.372 e. The number of para-hydroxylation sites is 1. The zero-order valence-corrected chi connectivity index (χ0v) is 18.3. The normalized spacial score (nSPS) is 17.4. The van der Waals surface area contributed by atoms with Crippen LogP contribution in [0.15, 0.2) is 35.3 Å². The molecule has 1 fully saturated rings. The molecule has 1 aliphatic heterocycles. The van der Waals surface area contributed by atoms with E-state index in [9.17, 15) is 0 Å². The molecule has 0 aliphatic carbocycles. The number of likely N-dealkylation sites (N-methyl/N-ethyl adjacent to an activating group) is 1. The Hall–Kier alpha value is -1.79. The summed E-state index contributed by atoms with van der Waals surface area (Å²) in [5, 5.41) is 6.96. The number of guanidine groups is 1. The lowest BCUT2D eigenvalue weighted by Crippen LogP contribution is -2.53. The van der Waals surface area contributed by atoms with Crippen LogP contribution in [0.1, 0.15) is 27.2 Å². The van der Waals surface area contributed by atoms with E-state index in [1.807, 2.05) is 7.05 Å². The molecule has 0 spiro atoms. The summed E-state index contributed by atoms with van der Waals surface area (Å²) < 4.78 is 0. The number of nitrogens with one attached hydrogen (secondary N) is 2. The molecule has 158 valence electrons. The van der Waals surface area contributed by atoms with Gasteiger partial charge in [0.25, 0.3) is 0 Å². The fourth-order valence-corrected chi connectivity index (χ4v) is 3.70. The van der Waals surface area contributed by atoms with E-state index in [0.29, 0.717) is 6.04 Å². The van der Waals surface area contributed by atoms with Crippen molar-refractivity contribution >= 4 is 11.6 Å². The Bertz CT molecular complexity index is 553. The predicted molar refractivity (Wildman–Crippen MR) is 121 cm³/mol. The van der Waals surface area contributed by atoms with Gasteiger partial charge in [-0.2, -0.15) is 0 Å². The van der Waals surface area contributed by atoms with E-state index >= 15 is 0 Å². The van der Waals surface area contributed by atoms with E-state index in [2.05, 4.69) is 81.4 Å². The molecular formula is C22H40N6. The molecule has 1 aromatic rings. The third-order valence-corrected chi connectivity index (χ3v) is 5.67. The van der Waals surface area contributed by atoms with Gasteiger partial charge in [0.1, 0.15) is 0 Å². The first kappa shape index (κ1) is 22.5. The maximum Gasteiger partial charge on any atom is 0.191 e. The zero-order valence-electron chi connectivity index (χ0n) is 18.3. The minimum absolute atomic E-state index is 0.520. The summed E-state index contributed by atoms with van der Waals surface area (Å²) in [6.45, 7) is 16.5. The van der Waals surface area contributed by atoms with Crippen LogP contribution in [-0.4, -0.2) is 87.8 Å². The molecule has 1 aromatic carbocycles. The van der Waals surface area contributed by atoms with Crippen molar-refractivity contribution in [1.82, 2.24) is 20.4 Å². The zero-order chi connectivity index (χ0) is 20.2. The highest BCUT2D eigenvalue weighted by atomic mass is 15.3. The Morgan fingerprint density at radius 3 is 2.43 bits per heavy atom. The van der Waals surface area contributed by atoms with Crippen LogP contribution in [0.4, 0.5) is 5.69 Å². The molecule has 1 atom stereocenters. The van der Waals surface area contributed by atoms with Crippen LogP contribution in [-0.2, 0) is 0 Å². The lowest BCUT2D eigenvalue weighted by Gasteiger charge is -2.37. The van der Waals surface area contributed by atoms with Crippen molar-refractivity contribution in [3.8, 4) is 0 Å². The molecule has 2 N–H and O–H groups in total. The summed E-state index contributed by atoms with van der Waals surface area (Å²) in [6, 6.07) is 11.2. The van der Waals surface area contributed by atoms with Crippen LogP contribution in [0.5, 0.6) is 0 Å². The lowest BCUT2D eigenvalue weighted by atomic mass is 10.2. The van der Waals surface area contributed by atoms with E-state index in [-0.39, 0.29) is 0 Å². The van der Waals surface area contributed by atoms with E-state index in [1.54, 1.807) is 0 Å². The number of piperazine rings is 1. The monoisotopic (exact) mass is 388 g/mol. The lowest BCUT2D eigenvalue weighted by molar-refractivity contribution is 0.107. The third-order valence-electron chi connectivity index (χ3n) is 5.67. The summed E-state index contributed by atoms with van der Waals surface area (Å²) in [5.74, 6) is 0.904. The maximum atomic E-state index is 4.38. The number of rotatable bonds is 10.